The SMILES string of the molecule is CC1CCCN(c2cc(C(=O)NCc3cccc(=O)[nH]3)ccn2)C1. The van der Waals surface area contributed by atoms with Crippen molar-refractivity contribution in [1.29, 1.82) is 0 Å². The van der Waals surface area contributed by atoms with Crippen LogP contribution in [0.2, 0.25) is 0 Å². The lowest BCUT2D eigenvalue weighted by atomic mass is 10.0. The predicted octanol–water partition coefficient (Wildman–Crippen LogP) is 1.94. The van der Waals surface area contributed by atoms with Crippen LogP contribution in [0.1, 0.15) is 35.8 Å². The molecule has 6 heteroatoms. The maximum atomic E-state index is 12.4. The van der Waals surface area contributed by atoms with Gasteiger partial charge in [0.2, 0.25) is 5.56 Å². The molecule has 2 aromatic rings. The number of anilines is 1. The van der Waals surface area contributed by atoms with E-state index >= 15 is 0 Å². The molecular formula is C18H22N4O2. The second-order valence-electron chi connectivity index (χ2n) is 6.32. The molecule has 1 atom stereocenters. The number of carbonyl (C=O) groups is 1. The van der Waals surface area contributed by atoms with Crippen LogP contribution in [-0.2, 0) is 6.54 Å². The Morgan fingerprint density at radius 2 is 2.29 bits per heavy atom. The summed E-state index contributed by atoms with van der Waals surface area (Å²) in [6, 6.07) is 8.43. The molecule has 6 nitrogen and oxygen atoms in total. The molecule has 0 bridgehead atoms. The Labute approximate surface area is 140 Å². The van der Waals surface area contributed by atoms with Gasteiger partial charge in [0.1, 0.15) is 5.82 Å². The summed E-state index contributed by atoms with van der Waals surface area (Å²) in [5.41, 5.74) is 1.08. The van der Waals surface area contributed by atoms with Crippen molar-refractivity contribution < 1.29 is 4.79 Å². The summed E-state index contributed by atoms with van der Waals surface area (Å²) in [7, 11) is 0. The number of aromatic amines is 1. The first-order valence-corrected chi connectivity index (χ1v) is 8.29. The van der Waals surface area contributed by atoms with Crippen molar-refractivity contribution in [1.82, 2.24) is 15.3 Å². The fraction of sp³-hybridized carbons (Fsp3) is 0.389. The number of amides is 1. The van der Waals surface area contributed by atoms with Gasteiger partial charge in [-0.3, -0.25) is 9.59 Å². The van der Waals surface area contributed by atoms with Gasteiger partial charge in [-0.1, -0.05) is 13.0 Å². The maximum absolute atomic E-state index is 12.4. The van der Waals surface area contributed by atoms with Crippen LogP contribution < -0.4 is 15.8 Å². The monoisotopic (exact) mass is 326 g/mol. The van der Waals surface area contributed by atoms with Gasteiger partial charge >= 0.3 is 0 Å². The minimum atomic E-state index is -0.174. The van der Waals surface area contributed by atoms with E-state index in [2.05, 4.69) is 27.1 Å². The first-order chi connectivity index (χ1) is 11.6. The fourth-order valence-corrected chi connectivity index (χ4v) is 3.00. The lowest BCUT2D eigenvalue weighted by molar-refractivity contribution is 0.0950. The molecule has 1 aliphatic rings. The second kappa shape index (κ2) is 7.29. The van der Waals surface area contributed by atoms with Gasteiger partial charge in [0, 0.05) is 36.6 Å². The molecular weight excluding hydrogens is 304 g/mol. The summed E-state index contributed by atoms with van der Waals surface area (Å²) in [5, 5.41) is 2.83. The van der Waals surface area contributed by atoms with E-state index in [9.17, 15) is 9.59 Å². The minimum Gasteiger partial charge on any atom is -0.356 e. The summed E-state index contributed by atoms with van der Waals surface area (Å²) in [4.78, 5) is 33.0. The van der Waals surface area contributed by atoms with Crippen molar-refractivity contribution in [3.8, 4) is 0 Å². The molecule has 3 rings (SSSR count). The Balaban J connectivity index is 1.66. The molecule has 3 heterocycles. The summed E-state index contributed by atoms with van der Waals surface area (Å²) in [6.45, 7) is 4.48. The van der Waals surface area contributed by atoms with Crippen LogP contribution in [0.5, 0.6) is 0 Å². The number of hydrogen-bond donors (Lipinski definition) is 2. The first-order valence-electron chi connectivity index (χ1n) is 8.29. The average molecular weight is 326 g/mol. The molecule has 0 spiro atoms. The van der Waals surface area contributed by atoms with E-state index in [0.717, 1.165) is 25.3 Å². The van der Waals surface area contributed by atoms with Crippen molar-refractivity contribution in [2.75, 3.05) is 18.0 Å². The molecule has 0 aliphatic carbocycles. The van der Waals surface area contributed by atoms with Gasteiger partial charge in [-0.15, -0.1) is 0 Å². The Bertz CT molecular complexity index is 771. The van der Waals surface area contributed by atoms with E-state index < -0.39 is 0 Å². The minimum absolute atomic E-state index is 0.173. The van der Waals surface area contributed by atoms with E-state index in [0.29, 0.717) is 17.2 Å². The molecule has 126 valence electrons. The number of H-pyrrole nitrogens is 1. The number of piperidine rings is 1. The standard InChI is InChI=1S/C18H22N4O2/c1-13-4-3-9-22(12-13)16-10-14(7-8-19-16)18(24)20-11-15-5-2-6-17(23)21-15/h2,5-8,10,13H,3-4,9,11-12H2,1H3,(H,20,24)(H,21,23). The molecule has 1 amide bonds. The quantitative estimate of drug-likeness (QED) is 0.900. The molecule has 2 aromatic heterocycles. The van der Waals surface area contributed by atoms with Gasteiger partial charge in [0.15, 0.2) is 0 Å². The Morgan fingerprint density at radius 3 is 3.08 bits per heavy atom. The van der Waals surface area contributed by atoms with E-state index in [4.69, 9.17) is 0 Å². The highest BCUT2D eigenvalue weighted by atomic mass is 16.1. The maximum Gasteiger partial charge on any atom is 0.251 e. The van der Waals surface area contributed by atoms with Crippen LogP contribution in [0.4, 0.5) is 5.82 Å². The van der Waals surface area contributed by atoms with E-state index in [1.54, 1.807) is 24.4 Å². The molecule has 24 heavy (non-hydrogen) atoms. The van der Waals surface area contributed by atoms with Crippen molar-refractivity contribution in [3.63, 3.8) is 0 Å². The number of aromatic nitrogens is 2. The third-order valence-electron chi connectivity index (χ3n) is 4.26. The Hall–Kier alpha value is -2.63. The van der Waals surface area contributed by atoms with Crippen LogP contribution >= 0.6 is 0 Å². The number of nitrogens with one attached hydrogen (secondary N) is 2. The van der Waals surface area contributed by atoms with Gasteiger partial charge < -0.3 is 15.2 Å². The van der Waals surface area contributed by atoms with Crippen molar-refractivity contribution in [3.05, 3.63) is 58.1 Å². The summed E-state index contributed by atoms with van der Waals surface area (Å²) >= 11 is 0. The van der Waals surface area contributed by atoms with Crippen LogP contribution in [0.15, 0.2) is 41.3 Å². The predicted molar refractivity (Wildman–Crippen MR) is 93.1 cm³/mol. The number of carbonyl (C=O) groups excluding carboxylic acids is 1. The largest absolute Gasteiger partial charge is 0.356 e. The number of rotatable bonds is 4. The molecule has 1 fully saturated rings. The molecule has 0 radical (unpaired) electrons. The highest BCUT2D eigenvalue weighted by Crippen LogP contribution is 2.21. The van der Waals surface area contributed by atoms with E-state index in [1.165, 1.54) is 12.5 Å². The normalized spacial score (nSPS) is 17.5. The van der Waals surface area contributed by atoms with Crippen molar-refractivity contribution >= 4 is 11.7 Å². The zero-order chi connectivity index (χ0) is 16.9. The Kier molecular flexibility index (Phi) is 4.93. The van der Waals surface area contributed by atoms with Crippen LogP contribution in [-0.4, -0.2) is 29.0 Å². The number of hydrogen-bond acceptors (Lipinski definition) is 4. The zero-order valence-corrected chi connectivity index (χ0v) is 13.8. The van der Waals surface area contributed by atoms with Crippen molar-refractivity contribution in [2.24, 2.45) is 5.92 Å². The van der Waals surface area contributed by atoms with Gasteiger partial charge in [-0.2, -0.15) is 0 Å². The lowest BCUT2D eigenvalue weighted by Gasteiger charge is -2.31. The van der Waals surface area contributed by atoms with Crippen LogP contribution in [0.25, 0.3) is 0 Å². The first kappa shape index (κ1) is 16.2. The Morgan fingerprint density at radius 1 is 1.42 bits per heavy atom. The van der Waals surface area contributed by atoms with Gasteiger partial charge in [-0.05, 0) is 37.0 Å². The summed E-state index contributed by atoms with van der Waals surface area (Å²) < 4.78 is 0. The molecule has 0 saturated carbocycles. The summed E-state index contributed by atoms with van der Waals surface area (Å²) in [5.74, 6) is 1.32. The molecule has 1 saturated heterocycles. The average Bonchev–Trinajstić information content (AvgIpc) is 2.60. The summed E-state index contributed by atoms with van der Waals surface area (Å²) in [6.07, 6.45) is 4.07. The van der Waals surface area contributed by atoms with Gasteiger partial charge in [0.05, 0.1) is 6.54 Å². The second-order valence-corrected chi connectivity index (χ2v) is 6.32. The van der Waals surface area contributed by atoms with Gasteiger partial charge in [0.25, 0.3) is 5.91 Å². The molecule has 1 aliphatic heterocycles. The molecule has 0 aromatic carbocycles. The topological polar surface area (TPSA) is 78.1 Å². The third kappa shape index (κ3) is 4.01. The highest BCUT2D eigenvalue weighted by Gasteiger charge is 2.18. The van der Waals surface area contributed by atoms with Crippen LogP contribution in [0, 0.1) is 5.92 Å². The fourth-order valence-electron chi connectivity index (χ4n) is 3.00. The zero-order valence-electron chi connectivity index (χ0n) is 13.8. The van der Waals surface area contributed by atoms with E-state index in [1.807, 2.05) is 6.07 Å². The van der Waals surface area contributed by atoms with Gasteiger partial charge in [-0.25, -0.2) is 4.98 Å². The smallest absolute Gasteiger partial charge is 0.251 e. The molecule has 1 unspecified atom stereocenters. The highest BCUT2D eigenvalue weighted by molar-refractivity contribution is 5.94. The van der Waals surface area contributed by atoms with Crippen LogP contribution in [0.3, 0.4) is 0 Å². The number of nitrogens with zero attached hydrogens (tertiary/aromatic N) is 2. The van der Waals surface area contributed by atoms with Crippen molar-refractivity contribution in [2.45, 2.75) is 26.3 Å². The lowest BCUT2D eigenvalue weighted by Crippen LogP contribution is -2.35. The van der Waals surface area contributed by atoms with E-state index in [-0.39, 0.29) is 18.0 Å². The number of pyridine rings is 2. The third-order valence-corrected chi connectivity index (χ3v) is 4.26. The molecule has 2 N–H and O–H groups in total.